The molecule has 0 aliphatic heterocycles. The summed E-state index contributed by atoms with van der Waals surface area (Å²) in [6, 6.07) is 17.7. The number of amides is 1. The molecule has 0 radical (unpaired) electrons. The van der Waals surface area contributed by atoms with Crippen molar-refractivity contribution in [3.63, 3.8) is 0 Å². The third-order valence-electron chi connectivity index (χ3n) is 4.06. The molecule has 3 aromatic rings. The molecule has 0 fully saturated rings. The van der Waals surface area contributed by atoms with Gasteiger partial charge in [-0.2, -0.15) is 0 Å². The van der Waals surface area contributed by atoms with Crippen LogP contribution in [0, 0.1) is 0 Å². The van der Waals surface area contributed by atoms with Gasteiger partial charge in [0.15, 0.2) is 6.61 Å². The van der Waals surface area contributed by atoms with Gasteiger partial charge in [0, 0.05) is 11.1 Å². The molecular weight excluding hydrogens is 378 g/mol. The lowest BCUT2D eigenvalue weighted by Gasteiger charge is -2.16. The predicted molar refractivity (Wildman–Crippen MR) is 106 cm³/mol. The van der Waals surface area contributed by atoms with E-state index >= 15 is 0 Å². The van der Waals surface area contributed by atoms with Crippen molar-refractivity contribution in [3.8, 4) is 0 Å². The first-order chi connectivity index (χ1) is 13.6. The summed E-state index contributed by atoms with van der Waals surface area (Å²) in [4.78, 5) is 36.8. The van der Waals surface area contributed by atoms with Gasteiger partial charge in [0.25, 0.3) is 5.91 Å². The molecule has 28 heavy (non-hydrogen) atoms. The minimum atomic E-state index is -0.858. The Morgan fingerprint density at radius 1 is 1.04 bits per heavy atom. The number of nitrogens with one attached hydrogen (secondary N) is 1. The number of esters is 2. The summed E-state index contributed by atoms with van der Waals surface area (Å²) in [5.74, 6) is -1.71. The zero-order valence-electron chi connectivity index (χ0n) is 15.2. The van der Waals surface area contributed by atoms with Crippen LogP contribution in [0.2, 0.25) is 0 Å². The second kappa shape index (κ2) is 9.14. The molecule has 7 heteroatoms. The van der Waals surface area contributed by atoms with Crippen molar-refractivity contribution in [2.75, 3.05) is 13.7 Å². The average Bonchev–Trinajstić information content (AvgIpc) is 3.16. The first-order valence-electron chi connectivity index (χ1n) is 8.63. The highest BCUT2D eigenvalue weighted by atomic mass is 32.1. The molecule has 0 bridgehead atoms. The standard InChI is InChI=1S/C21H19NO5S/c1-26-20(24)16(11-14-7-3-2-4-8-14)22-19(23)13-27-21(25)18-12-15-9-5-6-10-17(15)28-18/h2-10,12,16H,11,13H2,1H3,(H,22,23). The van der Waals surface area contributed by atoms with E-state index in [1.807, 2.05) is 54.6 Å². The highest BCUT2D eigenvalue weighted by Gasteiger charge is 2.23. The zero-order valence-corrected chi connectivity index (χ0v) is 16.0. The lowest BCUT2D eigenvalue weighted by atomic mass is 10.1. The first kappa shape index (κ1) is 19.6. The summed E-state index contributed by atoms with van der Waals surface area (Å²) < 4.78 is 10.8. The van der Waals surface area contributed by atoms with Gasteiger partial charge in [0.1, 0.15) is 10.9 Å². The van der Waals surface area contributed by atoms with Gasteiger partial charge in [-0.05, 0) is 23.1 Å². The smallest absolute Gasteiger partial charge is 0.348 e. The summed E-state index contributed by atoms with van der Waals surface area (Å²) >= 11 is 1.30. The van der Waals surface area contributed by atoms with Crippen molar-refractivity contribution in [2.24, 2.45) is 0 Å². The maximum atomic E-state index is 12.2. The highest BCUT2D eigenvalue weighted by Crippen LogP contribution is 2.25. The molecule has 1 aromatic heterocycles. The van der Waals surface area contributed by atoms with E-state index in [1.54, 1.807) is 6.07 Å². The molecule has 1 unspecified atom stereocenters. The number of hydrogen-bond donors (Lipinski definition) is 1. The number of carbonyl (C=O) groups is 3. The van der Waals surface area contributed by atoms with Gasteiger partial charge >= 0.3 is 11.9 Å². The van der Waals surface area contributed by atoms with Gasteiger partial charge in [-0.1, -0.05) is 48.5 Å². The lowest BCUT2D eigenvalue weighted by molar-refractivity contribution is -0.145. The molecule has 144 valence electrons. The quantitative estimate of drug-likeness (QED) is 0.620. The van der Waals surface area contributed by atoms with Crippen molar-refractivity contribution >= 4 is 39.3 Å². The van der Waals surface area contributed by atoms with Crippen molar-refractivity contribution < 1.29 is 23.9 Å². The summed E-state index contributed by atoms with van der Waals surface area (Å²) in [6.45, 7) is -0.477. The van der Waals surface area contributed by atoms with Crippen LogP contribution in [0.5, 0.6) is 0 Å². The van der Waals surface area contributed by atoms with Crippen LogP contribution in [0.1, 0.15) is 15.2 Å². The average molecular weight is 397 g/mol. The Labute approximate surface area is 166 Å². The van der Waals surface area contributed by atoms with Crippen LogP contribution in [-0.2, 0) is 25.5 Å². The number of thiophene rings is 1. The minimum absolute atomic E-state index is 0.281. The van der Waals surface area contributed by atoms with E-state index in [1.165, 1.54) is 18.4 Å². The van der Waals surface area contributed by atoms with E-state index < -0.39 is 30.5 Å². The molecule has 6 nitrogen and oxygen atoms in total. The van der Waals surface area contributed by atoms with E-state index in [0.29, 0.717) is 4.88 Å². The Bertz CT molecular complexity index is 950. The van der Waals surface area contributed by atoms with Crippen molar-refractivity contribution in [1.82, 2.24) is 5.32 Å². The molecule has 1 atom stereocenters. The Morgan fingerprint density at radius 3 is 2.46 bits per heavy atom. The number of carbonyl (C=O) groups excluding carboxylic acids is 3. The third-order valence-corrected chi connectivity index (χ3v) is 5.16. The van der Waals surface area contributed by atoms with E-state index in [4.69, 9.17) is 9.47 Å². The topological polar surface area (TPSA) is 81.7 Å². The fourth-order valence-electron chi connectivity index (χ4n) is 2.71. The first-order valence-corrected chi connectivity index (χ1v) is 9.45. The van der Waals surface area contributed by atoms with Crippen LogP contribution in [0.15, 0.2) is 60.7 Å². The van der Waals surface area contributed by atoms with Crippen molar-refractivity contribution in [3.05, 3.63) is 71.1 Å². The molecule has 1 amide bonds. The van der Waals surface area contributed by atoms with Crippen LogP contribution in [0.25, 0.3) is 10.1 Å². The highest BCUT2D eigenvalue weighted by molar-refractivity contribution is 7.20. The SMILES string of the molecule is COC(=O)C(Cc1ccccc1)NC(=O)COC(=O)c1cc2ccccc2s1. The predicted octanol–water partition coefficient (Wildman–Crippen LogP) is 2.96. The number of ether oxygens (including phenoxy) is 2. The minimum Gasteiger partial charge on any atom is -0.467 e. The maximum absolute atomic E-state index is 12.2. The second-order valence-corrected chi connectivity index (χ2v) is 7.14. The van der Waals surface area contributed by atoms with E-state index in [9.17, 15) is 14.4 Å². The van der Waals surface area contributed by atoms with Crippen LogP contribution in [-0.4, -0.2) is 37.6 Å². The number of fused-ring (bicyclic) bond motifs is 1. The van der Waals surface area contributed by atoms with Gasteiger partial charge in [-0.25, -0.2) is 9.59 Å². The molecular formula is C21H19NO5S. The van der Waals surface area contributed by atoms with Gasteiger partial charge in [0.2, 0.25) is 0 Å². The number of benzene rings is 2. The molecule has 3 rings (SSSR count). The lowest BCUT2D eigenvalue weighted by Crippen LogP contribution is -2.44. The largest absolute Gasteiger partial charge is 0.467 e. The van der Waals surface area contributed by atoms with Crippen molar-refractivity contribution in [2.45, 2.75) is 12.5 Å². The molecule has 0 saturated heterocycles. The van der Waals surface area contributed by atoms with Crippen LogP contribution in [0.4, 0.5) is 0 Å². The number of rotatable bonds is 7. The van der Waals surface area contributed by atoms with Gasteiger partial charge in [-0.15, -0.1) is 11.3 Å². The summed E-state index contributed by atoms with van der Waals surface area (Å²) in [6.07, 6.45) is 0.281. The second-order valence-electron chi connectivity index (χ2n) is 6.06. The van der Waals surface area contributed by atoms with Gasteiger partial charge in [-0.3, -0.25) is 4.79 Å². The molecule has 0 spiro atoms. The Balaban J connectivity index is 1.57. The van der Waals surface area contributed by atoms with Crippen LogP contribution >= 0.6 is 11.3 Å². The van der Waals surface area contributed by atoms with E-state index in [2.05, 4.69) is 5.32 Å². The Hall–Kier alpha value is -3.19. The summed E-state index contributed by atoms with van der Waals surface area (Å²) in [5, 5.41) is 3.50. The maximum Gasteiger partial charge on any atom is 0.348 e. The van der Waals surface area contributed by atoms with Gasteiger partial charge < -0.3 is 14.8 Å². The van der Waals surface area contributed by atoms with Crippen LogP contribution in [0.3, 0.4) is 0 Å². The van der Waals surface area contributed by atoms with E-state index in [-0.39, 0.29) is 6.42 Å². The van der Waals surface area contributed by atoms with Crippen LogP contribution < -0.4 is 5.32 Å². The normalized spacial score (nSPS) is 11.6. The molecule has 2 aromatic carbocycles. The van der Waals surface area contributed by atoms with Gasteiger partial charge in [0.05, 0.1) is 7.11 Å². The Morgan fingerprint density at radius 2 is 1.75 bits per heavy atom. The third kappa shape index (κ3) is 4.95. The molecule has 1 heterocycles. The van der Waals surface area contributed by atoms with E-state index in [0.717, 1.165) is 15.6 Å². The number of methoxy groups -OCH3 is 1. The molecule has 0 aliphatic carbocycles. The summed E-state index contributed by atoms with van der Waals surface area (Å²) in [5.41, 5.74) is 0.875. The Kier molecular flexibility index (Phi) is 6.39. The molecule has 0 aliphatic rings. The summed E-state index contributed by atoms with van der Waals surface area (Å²) in [7, 11) is 1.26. The zero-order chi connectivity index (χ0) is 19.9. The monoisotopic (exact) mass is 397 g/mol. The van der Waals surface area contributed by atoms with Crippen molar-refractivity contribution in [1.29, 1.82) is 0 Å². The fourth-order valence-corrected chi connectivity index (χ4v) is 3.66. The molecule has 1 N–H and O–H groups in total. The fraction of sp³-hybridized carbons (Fsp3) is 0.190. The number of hydrogen-bond acceptors (Lipinski definition) is 6. The molecule has 0 saturated carbocycles.